The van der Waals surface area contributed by atoms with Gasteiger partial charge in [0.15, 0.2) is 0 Å². The molecule has 0 radical (unpaired) electrons. The van der Waals surface area contributed by atoms with Crippen molar-refractivity contribution < 1.29 is 0 Å². The van der Waals surface area contributed by atoms with Crippen molar-refractivity contribution in [3.8, 4) is 0 Å². The molecule has 1 fully saturated rings. The van der Waals surface area contributed by atoms with E-state index in [0.29, 0.717) is 18.0 Å². The van der Waals surface area contributed by atoms with Gasteiger partial charge in [-0.3, -0.25) is 4.90 Å². The number of nitrogens with zero attached hydrogens (tertiary/aromatic N) is 3. The lowest BCUT2D eigenvalue weighted by Crippen LogP contribution is -2.58. The first-order valence-corrected chi connectivity index (χ1v) is 4.56. The van der Waals surface area contributed by atoms with Crippen LogP contribution in [0.25, 0.3) is 0 Å². The highest BCUT2D eigenvalue weighted by Crippen LogP contribution is 2.12. The molecule has 0 amide bonds. The summed E-state index contributed by atoms with van der Waals surface area (Å²) in [4.78, 5) is 4.36. The Bertz CT molecular complexity index is 191. The van der Waals surface area contributed by atoms with Gasteiger partial charge in [-0.1, -0.05) is 0 Å². The number of rotatable bonds is 0. The van der Waals surface area contributed by atoms with Gasteiger partial charge in [0.25, 0.3) is 0 Å². The summed E-state index contributed by atoms with van der Waals surface area (Å²) < 4.78 is 0. The molecular formula is C8H19N5. The highest BCUT2D eigenvalue weighted by atomic mass is 15.4. The lowest BCUT2D eigenvalue weighted by Gasteiger charge is -2.42. The molecule has 76 valence electrons. The van der Waals surface area contributed by atoms with E-state index in [-0.39, 0.29) is 0 Å². The monoisotopic (exact) mass is 185 g/mol. The van der Waals surface area contributed by atoms with Crippen LogP contribution in [0.15, 0.2) is 5.10 Å². The SMILES string of the molecule is CC1CN(C(N)=NN)CC(C)N1C. The van der Waals surface area contributed by atoms with E-state index in [0.717, 1.165) is 13.1 Å². The van der Waals surface area contributed by atoms with E-state index in [4.69, 9.17) is 11.6 Å². The molecule has 1 rings (SSSR count). The molecule has 1 aliphatic heterocycles. The minimum atomic E-state index is 0.437. The molecule has 0 spiro atoms. The van der Waals surface area contributed by atoms with Gasteiger partial charge < -0.3 is 16.5 Å². The molecule has 1 heterocycles. The maximum absolute atomic E-state index is 5.65. The lowest BCUT2D eigenvalue weighted by atomic mass is 10.1. The van der Waals surface area contributed by atoms with Crippen LogP contribution in [0, 0.1) is 0 Å². The first kappa shape index (κ1) is 10.1. The summed E-state index contributed by atoms with van der Waals surface area (Å²) in [5, 5.41) is 3.51. The summed E-state index contributed by atoms with van der Waals surface area (Å²) in [5.74, 6) is 5.57. The standard InChI is InChI=1S/C8H19N5/c1-6-4-13(8(9)11-10)5-7(2)12(6)3/h6-7H,4-5,10H2,1-3H3,(H2,9,11). The van der Waals surface area contributed by atoms with Gasteiger partial charge >= 0.3 is 0 Å². The van der Waals surface area contributed by atoms with Crippen LogP contribution >= 0.6 is 0 Å². The lowest BCUT2D eigenvalue weighted by molar-refractivity contribution is 0.0980. The Balaban J connectivity index is 2.63. The van der Waals surface area contributed by atoms with E-state index >= 15 is 0 Å². The van der Waals surface area contributed by atoms with Crippen molar-refractivity contribution >= 4 is 5.96 Å². The third-order valence-electron chi connectivity index (χ3n) is 2.82. The average molecular weight is 185 g/mol. The van der Waals surface area contributed by atoms with E-state index in [1.54, 1.807) is 0 Å². The molecule has 0 bridgehead atoms. The molecule has 0 aliphatic carbocycles. The zero-order chi connectivity index (χ0) is 10.0. The van der Waals surface area contributed by atoms with E-state index in [1.807, 2.05) is 4.90 Å². The molecule has 1 saturated heterocycles. The quantitative estimate of drug-likeness (QED) is 0.224. The number of hydrazone groups is 1. The van der Waals surface area contributed by atoms with Crippen LogP contribution in [-0.4, -0.2) is 48.0 Å². The van der Waals surface area contributed by atoms with Crippen LogP contribution in [0.2, 0.25) is 0 Å². The predicted molar refractivity (Wildman–Crippen MR) is 54.1 cm³/mol. The molecule has 2 atom stereocenters. The van der Waals surface area contributed by atoms with Crippen LogP contribution in [-0.2, 0) is 0 Å². The fourth-order valence-electron chi connectivity index (χ4n) is 1.67. The second-order valence-corrected chi connectivity index (χ2v) is 3.76. The molecule has 0 aromatic carbocycles. The summed E-state index contributed by atoms with van der Waals surface area (Å²) >= 11 is 0. The molecular weight excluding hydrogens is 166 g/mol. The fourth-order valence-corrected chi connectivity index (χ4v) is 1.67. The molecule has 4 N–H and O–H groups in total. The minimum absolute atomic E-state index is 0.437. The van der Waals surface area contributed by atoms with E-state index in [1.165, 1.54) is 0 Å². The van der Waals surface area contributed by atoms with Gasteiger partial charge in [0, 0.05) is 25.2 Å². The van der Waals surface area contributed by atoms with Gasteiger partial charge in [-0.05, 0) is 20.9 Å². The molecule has 0 saturated carbocycles. The summed E-state index contributed by atoms with van der Waals surface area (Å²) in [6.07, 6.45) is 0. The van der Waals surface area contributed by atoms with Crippen LogP contribution in [0.4, 0.5) is 0 Å². The minimum Gasteiger partial charge on any atom is -0.368 e. The van der Waals surface area contributed by atoms with Crippen molar-refractivity contribution in [2.45, 2.75) is 25.9 Å². The molecule has 5 heteroatoms. The van der Waals surface area contributed by atoms with Crippen LogP contribution < -0.4 is 11.6 Å². The molecule has 0 aromatic rings. The van der Waals surface area contributed by atoms with Gasteiger partial charge in [0.2, 0.25) is 5.96 Å². The van der Waals surface area contributed by atoms with E-state index in [9.17, 15) is 0 Å². The number of piperazine rings is 1. The largest absolute Gasteiger partial charge is 0.368 e. The van der Waals surface area contributed by atoms with Crippen LogP contribution in [0.3, 0.4) is 0 Å². The molecule has 0 aromatic heterocycles. The maximum atomic E-state index is 5.65. The number of guanidine groups is 1. The summed E-state index contributed by atoms with van der Waals surface area (Å²) in [7, 11) is 2.13. The van der Waals surface area contributed by atoms with Gasteiger partial charge in [-0.25, -0.2) is 0 Å². The third kappa shape index (κ3) is 2.03. The second kappa shape index (κ2) is 3.83. The Labute approximate surface area is 79.4 Å². The van der Waals surface area contributed by atoms with Gasteiger partial charge in [0.05, 0.1) is 0 Å². The van der Waals surface area contributed by atoms with Gasteiger partial charge in [-0.2, -0.15) is 0 Å². The van der Waals surface area contributed by atoms with Crippen molar-refractivity contribution in [3.63, 3.8) is 0 Å². The number of hydrogen-bond donors (Lipinski definition) is 2. The second-order valence-electron chi connectivity index (χ2n) is 3.76. The fraction of sp³-hybridized carbons (Fsp3) is 0.875. The smallest absolute Gasteiger partial charge is 0.213 e. The van der Waals surface area contributed by atoms with E-state index in [2.05, 4.69) is 30.9 Å². The molecule has 1 aliphatic rings. The molecule has 13 heavy (non-hydrogen) atoms. The Kier molecular flexibility index (Phi) is 2.98. The van der Waals surface area contributed by atoms with Crippen molar-refractivity contribution in [1.29, 1.82) is 0 Å². The van der Waals surface area contributed by atoms with Crippen LogP contribution in [0.1, 0.15) is 13.8 Å². The van der Waals surface area contributed by atoms with Crippen molar-refractivity contribution in [2.24, 2.45) is 16.7 Å². The van der Waals surface area contributed by atoms with Crippen molar-refractivity contribution in [2.75, 3.05) is 20.1 Å². The number of hydrogen-bond acceptors (Lipinski definition) is 3. The number of likely N-dealkylation sites (N-methyl/N-ethyl adjacent to an activating group) is 1. The first-order chi connectivity index (χ1) is 6.06. The Hall–Kier alpha value is -0.970. The Morgan fingerprint density at radius 3 is 2.15 bits per heavy atom. The topological polar surface area (TPSA) is 70.9 Å². The summed E-state index contributed by atoms with van der Waals surface area (Å²) in [6.45, 7) is 6.14. The predicted octanol–water partition coefficient (Wildman–Crippen LogP) is -0.801. The normalized spacial score (nSPS) is 32.2. The van der Waals surface area contributed by atoms with E-state index < -0.39 is 0 Å². The van der Waals surface area contributed by atoms with Gasteiger partial charge in [-0.15, -0.1) is 5.10 Å². The first-order valence-electron chi connectivity index (χ1n) is 4.56. The molecule has 2 unspecified atom stereocenters. The average Bonchev–Trinajstić information content (AvgIpc) is 2.12. The maximum Gasteiger partial charge on any atom is 0.213 e. The highest BCUT2D eigenvalue weighted by Gasteiger charge is 2.27. The zero-order valence-electron chi connectivity index (χ0n) is 8.57. The van der Waals surface area contributed by atoms with Crippen molar-refractivity contribution in [1.82, 2.24) is 9.80 Å². The van der Waals surface area contributed by atoms with Gasteiger partial charge in [0.1, 0.15) is 0 Å². The molecule has 5 nitrogen and oxygen atoms in total. The Morgan fingerprint density at radius 1 is 1.31 bits per heavy atom. The summed E-state index contributed by atoms with van der Waals surface area (Å²) in [6, 6.07) is 0.980. The zero-order valence-corrected chi connectivity index (χ0v) is 8.57. The van der Waals surface area contributed by atoms with Crippen LogP contribution in [0.5, 0.6) is 0 Å². The highest BCUT2D eigenvalue weighted by molar-refractivity contribution is 5.77. The summed E-state index contributed by atoms with van der Waals surface area (Å²) in [5.41, 5.74) is 5.65. The number of nitrogens with two attached hydrogens (primary N) is 2. The third-order valence-corrected chi connectivity index (χ3v) is 2.82. The van der Waals surface area contributed by atoms with Crippen molar-refractivity contribution in [3.05, 3.63) is 0 Å². The Morgan fingerprint density at radius 2 is 1.77 bits per heavy atom.